The Labute approximate surface area is 166 Å². The number of nitrogens with one attached hydrogen (secondary N) is 2. The highest BCUT2D eigenvalue weighted by atomic mass is 16.1. The third-order valence-corrected chi connectivity index (χ3v) is 4.87. The van der Waals surface area contributed by atoms with Crippen LogP contribution in [0.5, 0.6) is 0 Å². The van der Waals surface area contributed by atoms with Gasteiger partial charge in [0.1, 0.15) is 0 Å². The molecule has 146 valence electrons. The van der Waals surface area contributed by atoms with Crippen LogP contribution in [0.15, 0.2) is 48.8 Å². The van der Waals surface area contributed by atoms with Crippen LogP contribution in [0, 0.1) is 6.92 Å². The number of carbonyl (C=O) groups is 1. The van der Waals surface area contributed by atoms with Gasteiger partial charge in [0, 0.05) is 47.9 Å². The number of nitrogens with zero attached hydrogens (tertiary/aromatic N) is 3. The van der Waals surface area contributed by atoms with Gasteiger partial charge in [-0.25, -0.2) is 0 Å². The number of amides is 1. The number of H-pyrrole nitrogens is 1. The zero-order chi connectivity index (χ0) is 19.9. The highest BCUT2D eigenvalue weighted by Gasteiger charge is 2.14. The molecule has 0 saturated carbocycles. The molecule has 0 spiro atoms. The van der Waals surface area contributed by atoms with Crippen LogP contribution >= 0.6 is 0 Å². The molecule has 3 aromatic rings. The Balaban J connectivity index is 1.71. The maximum atomic E-state index is 12.6. The summed E-state index contributed by atoms with van der Waals surface area (Å²) < 4.78 is 0. The fraction of sp³-hybridized carbons (Fsp3) is 0.318. The Hall–Kier alpha value is -3.15. The summed E-state index contributed by atoms with van der Waals surface area (Å²) in [5.41, 5.74) is 4.51. The van der Waals surface area contributed by atoms with Gasteiger partial charge in [0.05, 0.1) is 5.69 Å². The quantitative estimate of drug-likeness (QED) is 0.599. The summed E-state index contributed by atoms with van der Waals surface area (Å²) in [6.45, 7) is 8.26. The molecular formula is C22H27N5O. The zero-order valence-electron chi connectivity index (χ0n) is 16.7. The Kier molecular flexibility index (Phi) is 6.42. The monoisotopic (exact) mass is 377 g/mol. The lowest BCUT2D eigenvalue weighted by molar-refractivity contribution is 0.102. The number of aromatic nitrogens is 3. The van der Waals surface area contributed by atoms with E-state index in [1.807, 2.05) is 43.3 Å². The number of aromatic amines is 1. The van der Waals surface area contributed by atoms with Gasteiger partial charge in [-0.15, -0.1) is 0 Å². The van der Waals surface area contributed by atoms with E-state index >= 15 is 0 Å². The van der Waals surface area contributed by atoms with Gasteiger partial charge in [0.15, 0.2) is 5.82 Å². The normalized spacial score (nSPS) is 10.7. The molecule has 2 heterocycles. The number of hydrogen-bond donors (Lipinski definition) is 2. The number of benzene rings is 1. The minimum Gasteiger partial charge on any atom is -0.372 e. The van der Waals surface area contributed by atoms with Crippen molar-refractivity contribution in [2.24, 2.45) is 0 Å². The molecule has 0 fully saturated rings. The maximum absolute atomic E-state index is 12.6. The Morgan fingerprint density at radius 1 is 1.11 bits per heavy atom. The van der Waals surface area contributed by atoms with E-state index in [-0.39, 0.29) is 5.91 Å². The largest absolute Gasteiger partial charge is 0.372 e. The molecule has 0 aliphatic carbocycles. The predicted octanol–water partition coefficient (Wildman–Crippen LogP) is 4.66. The molecule has 3 rings (SSSR count). The SMILES string of the molecule is CCCCN(CC)c1ccc(C(=O)Nc2n[nH]c(-c3ccncc3)c2C)cc1. The summed E-state index contributed by atoms with van der Waals surface area (Å²) in [6, 6.07) is 11.6. The predicted molar refractivity (Wildman–Crippen MR) is 114 cm³/mol. The van der Waals surface area contributed by atoms with Gasteiger partial charge in [-0.3, -0.25) is 14.9 Å². The molecule has 2 aromatic heterocycles. The van der Waals surface area contributed by atoms with E-state index in [4.69, 9.17) is 0 Å². The van der Waals surface area contributed by atoms with Crippen LogP contribution in [0.25, 0.3) is 11.3 Å². The molecule has 0 saturated heterocycles. The molecule has 0 bridgehead atoms. The summed E-state index contributed by atoms with van der Waals surface area (Å²) in [6.07, 6.45) is 5.79. The Bertz CT molecular complexity index is 902. The van der Waals surface area contributed by atoms with Gasteiger partial charge in [0.2, 0.25) is 0 Å². The van der Waals surface area contributed by atoms with Crippen molar-refractivity contribution in [2.45, 2.75) is 33.6 Å². The second kappa shape index (κ2) is 9.17. The van der Waals surface area contributed by atoms with Crippen LogP contribution in [0.4, 0.5) is 11.5 Å². The third-order valence-electron chi connectivity index (χ3n) is 4.87. The lowest BCUT2D eigenvalue weighted by Gasteiger charge is -2.23. The fourth-order valence-corrected chi connectivity index (χ4v) is 3.14. The van der Waals surface area contributed by atoms with Crippen molar-refractivity contribution in [1.29, 1.82) is 0 Å². The summed E-state index contributed by atoms with van der Waals surface area (Å²) in [5.74, 6) is 0.373. The number of rotatable bonds is 8. The molecule has 0 unspecified atom stereocenters. The summed E-state index contributed by atoms with van der Waals surface area (Å²) in [4.78, 5) is 19.0. The van der Waals surface area contributed by atoms with E-state index in [0.717, 1.165) is 42.0 Å². The van der Waals surface area contributed by atoms with Gasteiger partial charge in [-0.05, 0) is 56.7 Å². The second-order valence-corrected chi connectivity index (χ2v) is 6.74. The maximum Gasteiger partial charge on any atom is 0.256 e. The first-order valence-electron chi connectivity index (χ1n) is 9.75. The molecule has 0 atom stereocenters. The van der Waals surface area contributed by atoms with Crippen molar-refractivity contribution in [3.63, 3.8) is 0 Å². The average Bonchev–Trinajstić information content (AvgIpc) is 3.10. The minimum atomic E-state index is -0.168. The highest BCUT2D eigenvalue weighted by Crippen LogP contribution is 2.25. The highest BCUT2D eigenvalue weighted by molar-refractivity contribution is 6.04. The van der Waals surface area contributed by atoms with Crippen molar-refractivity contribution in [3.05, 3.63) is 59.9 Å². The first kappa shape index (κ1) is 19.6. The topological polar surface area (TPSA) is 73.9 Å². The number of pyridine rings is 1. The molecule has 2 N–H and O–H groups in total. The summed E-state index contributed by atoms with van der Waals surface area (Å²) in [7, 11) is 0. The van der Waals surface area contributed by atoms with E-state index in [1.165, 1.54) is 6.42 Å². The van der Waals surface area contributed by atoms with E-state index in [9.17, 15) is 4.79 Å². The van der Waals surface area contributed by atoms with Crippen molar-refractivity contribution in [3.8, 4) is 11.3 Å². The third kappa shape index (κ3) is 4.39. The van der Waals surface area contributed by atoms with Crippen molar-refractivity contribution < 1.29 is 4.79 Å². The zero-order valence-corrected chi connectivity index (χ0v) is 16.7. The van der Waals surface area contributed by atoms with Crippen LogP contribution in [0.1, 0.15) is 42.6 Å². The van der Waals surface area contributed by atoms with Gasteiger partial charge < -0.3 is 10.2 Å². The Morgan fingerprint density at radius 2 is 1.82 bits per heavy atom. The molecular weight excluding hydrogens is 350 g/mol. The van der Waals surface area contributed by atoms with E-state index in [2.05, 4.69) is 39.2 Å². The summed E-state index contributed by atoms with van der Waals surface area (Å²) in [5, 5.41) is 10.2. The molecule has 6 nitrogen and oxygen atoms in total. The van der Waals surface area contributed by atoms with Crippen LogP contribution in [-0.2, 0) is 0 Å². The standard InChI is InChI=1S/C22H27N5O/c1-4-6-15-27(5-2)19-9-7-18(8-10-19)22(28)24-21-16(3)20(25-26-21)17-11-13-23-14-12-17/h7-14H,4-6,15H2,1-3H3,(H2,24,25,26,28). The number of carbonyl (C=O) groups excluding carboxylic acids is 1. The fourth-order valence-electron chi connectivity index (χ4n) is 3.14. The van der Waals surface area contributed by atoms with E-state index < -0.39 is 0 Å². The lowest BCUT2D eigenvalue weighted by atomic mass is 10.1. The van der Waals surface area contributed by atoms with E-state index in [1.54, 1.807) is 12.4 Å². The van der Waals surface area contributed by atoms with Crippen LogP contribution in [-0.4, -0.2) is 34.2 Å². The average molecular weight is 377 g/mol. The van der Waals surface area contributed by atoms with E-state index in [0.29, 0.717) is 11.4 Å². The van der Waals surface area contributed by atoms with Gasteiger partial charge >= 0.3 is 0 Å². The number of anilines is 2. The van der Waals surface area contributed by atoms with Gasteiger partial charge in [0.25, 0.3) is 5.91 Å². The molecule has 1 aromatic carbocycles. The Morgan fingerprint density at radius 3 is 2.46 bits per heavy atom. The van der Waals surface area contributed by atoms with Gasteiger partial charge in [-0.1, -0.05) is 13.3 Å². The molecule has 28 heavy (non-hydrogen) atoms. The molecule has 0 aliphatic rings. The molecule has 0 radical (unpaired) electrons. The van der Waals surface area contributed by atoms with Gasteiger partial charge in [-0.2, -0.15) is 5.10 Å². The van der Waals surface area contributed by atoms with Crippen LogP contribution in [0.3, 0.4) is 0 Å². The first-order chi connectivity index (χ1) is 13.6. The van der Waals surface area contributed by atoms with Crippen molar-refractivity contribution in [1.82, 2.24) is 15.2 Å². The summed E-state index contributed by atoms with van der Waals surface area (Å²) >= 11 is 0. The molecule has 6 heteroatoms. The minimum absolute atomic E-state index is 0.168. The number of hydrogen-bond acceptors (Lipinski definition) is 4. The first-order valence-corrected chi connectivity index (χ1v) is 9.75. The van der Waals surface area contributed by atoms with Crippen LogP contribution in [0.2, 0.25) is 0 Å². The molecule has 0 aliphatic heterocycles. The second-order valence-electron chi connectivity index (χ2n) is 6.74. The van der Waals surface area contributed by atoms with Crippen molar-refractivity contribution in [2.75, 3.05) is 23.3 Å². The molecule has 1 amide bonds. The van der Waals surface area contributed by atoms with Crippen LogP contribution < -0.4 is 10.2 Å². The van der Waals surface area contributed by atoms with Crippen molar-refractivity contribution >= 4 is 17.4 Å². The number of unbranched alkanes of at least 4 members (excludes halogenated alkanes) is 1. The smallest absolute Gasteiger partial charge is 0.256 e. The lowest BCUT2D eigenvalue weighted by Crippen LogP contribution is -2.23.